The van der Waals surface area contributed by atoms with Gasteiger partial charge in [-0.3, -0.25) is 9.59 Å². The molecule has 0 bridgehead atoms. The number of carbonyl (C=O) groups is 2. The number of nitrogens with zero attached hydrogens (tertiary/aromatic N) is 2. The molecule has 11 heteroatoms. The maximum Gasteiger partial charge on any atom is 0.247 e. The third kappa shape index (κ3) is 6.36. The van der Waals surface area contributed by atoms with Gasteiger partial charge in [0.1, 0.15) is 12.4 Å². The predicted molar refractivity (Wildman–Crippen MR) is 127 cm³/mol. The fourth-order valence-corrected chi connectivity index (χ4v) is 3.33. The summed E-state index contributed by atoms with van der Waals surface area (Å²) in [5, 5.41) is 11.3. The van der Waals surface area contributed by atoms with E-state index >= 15 is 0 Å². The molecule has 1 amide bonds. The number of aromatic nitrogens is 2. The van der Waals surface area contributed by atoms with Gasteiger partial charge in [-0.15, -0.1) is 0 Å². The zero-order valence-electron chi connectivity index (χ0n) is 18.5. The van der Waals surface area contributed by atoms with E-state index < -0.39 is 11.6 Å². The first kappa shape index (κ1) is 23.8. The van der Waals surface area contributed by atoms with Gasteiger partial charge in [0.15, 0.2) is 23.2 Å². The molecular formula is C24H22F2N6O3. The standard InChI is InChI=1S/C24H22F2N6O3/c1-2-22(34)29-14-4-3-5-15(8-14)30-23-20(26)12-28-24(32-23)31-16-6-7-21(19(25)10-16)35-13-17-9-18(33)11-27-17/h2-8,10,12,17,27H,1,9,11,13H2,(H,29,34)(H2,28,30,31,32)/t17-/m0/s1. The van der Waals surface area contributed by atoms with Gasteiger partial charge < -0.3 is 26.0 Å². The Morgan fingerprint density at radius 3 is 2.69 bits per heavy atom. The van der Waals surface area contributed by atoms with Gasteiger partial charge in [-0.2, -0.15) is 4.98 Å². The third-order valence-corrected chi connectivity index (χ3v) is 5.01. The number of Topliss-reactive ketones (excluding diaryl/α,β-unsaturated/α-hetero) is 1. The van der Waals surface area contributed by atoms with Crippen LogP contribution in [-0.4, -0.2) is 40.9 Å². The van der Waals surface area contributed by atoms with Crippen LogP contribution in [0.1, 0.15) is 6.42 Å². The van der Waals surface area contributed by atoms with Crippen LogP contribution >= 0.6 is 0 Å². The van der Waals surface area contributed by atoms with E-state index in [2.05, 4.69) is 37.8 Å². The van der Waals surface area contributed by atoms with Crippen molar-refractivity contribution in [1.29, 1.82) is 0 Å². The lowest BCUT2D eigenvalue weighted by Gasteiger charge is -2.13. The number of hydrogen-bond donors (Lipinski definition) is 4. The summed E-state index contributed by atoms with van der Waals surface area (Å²) in [6.45, 7) is 3.86. The van der Waals surface area contributed by atoms with Crippen LogP contribution in [-0.2, 0) is 9.59 Å². The first-order valence-corrected chi connectivity index (χ1v) is 10.7. The molecule has 0 unspecified atom stereocenters. The summed E-state index contributed by atoms with van der Waals surface area (Å²) in [5.74, 6) is -1.64. The van der Waals surface area contributed by atoms with Crippen LogP contribution in [0.3, 0.4) is 0 Å². The molecule has 1 aliphatic heterocycles. The van der Waals surface area contributed by atoms with Gasteiger partial charge in [-0.25, -0.2) is 13.8 Å². The summed E-state index contributed by atoms with van der Waals surface area (Å²) < 4.78 is 34.3. The number of nitrogens with one attached hydrogen (secondary N) is 4. The molecule has 9 nitrogen and oxygen atoms in total. The fourth-order valence-electron chi connectivity index (χ4n) is 3.33. The SMILES string of the molecule is C=CC(=O)Nc1cccc(Nc2nc(Nc3ccc(OC[C@@H]4CC(=O)CN4)c(F)c3)ncc2F)c1. The molecule has 35 heavy (non-hydrogen) atoms. The lowest BCUT2D eigenvalue weighted by atomic mass is 10.2. The average Bonchev–Trinajstić information content (AvgIpc) is 3.26. The van der Waals surface area contributed by atoms with Gasteiger partial charge in [0.05, 0.1) is 12.7 Å². The summed E-state index contributed by atoms with van der Waals surface area (Å²) in [5.41, 5.74) is 1.29. The average molecular weight is 480 g/mol. The number of carbonyl (C=O) groups excluding carboxylic acids is 2. The number of amides is 1. The summed E-state index contributed by atoms with van der Waals surface area (Å²) in [4.78, 5) is 30.8. The van der Waals surface area contributed by atoms with Crippen molar-refractivity contribution in [1.82, 2.24) is 15.3 Å². The van der Waals surface area contributed by atoms with Crippen molar-refractivity contribution in [2.75, 3.05) is 29.1 Å². The second-order valence-electron chi connectivity index (χ2n) is 7.69. The maximum absolute atomic E-state index is 14.5. The minimum atomic E-state index is -0.704. The number of ether oxygens (including phenoxy) is 1. The lowest BCUT2D eigenvalue weighted by Crippen LogP contribution is -2.28. The second kappa shape index (κ2) is 10.7. The highest BCUT2D eigenvalue weighted by atomic mass is 19.1. The topological polar surface area (TPSA) is 117 Å². The number of hydrogen-bond acceptors (Lipinski definition) is 8. The zero-order valence-corrected chi connectivity index (χ0v) is 18.5. The first-order chi connectivity index (χ1) is 16.9. The smallest absolute Gasteiger partial charge is 0.247 e. The van der Waals surface area contributed by atoms with E-state index in [9.17, 15) is 18.4 Å². The van der Waals surface area contributed by atoms with Gasteiger partial charge in [-0.1, -0.05) is 12.6 Å². The molecule has 0 aliphatic carbocycles. The van der Waals surface area contributed by atoms with Crippen molar-refractivity contribution in [2.24, 2.45) is 0 Å². The van der Waals surface area contributed by atoms with Crippen molar-refractivity contribution >= 4 is 40.5 Å². The second-order valence-corrected chi connectivity index (χ2v) is 7.69. The van der Waals surface area contributed by atoms with Crippen LogP contribution in [0.5, 0.6) is 5.75 Å². The van der Waals surface area contributed by atoms with Crippen LogP contribution in [0.2, 0.25) is 0 Å². The van der Waals surface area contributed by atoms with E-state index in [-0.39, 0.29) is 41.9 Å². The Hall–Kier alpha value is -4.38. The molecule has 1 aromatic heterocycles. The van der Waals surface area contributed by atoms with Crippen molar-refractivity contribution in [3.63, 3.8) is 0 Å². The number of benzene rings is 2. The van der Waals surface area contributed by atoms with Gasteiger partial charge in [0.25, 0.3) is 0 Å². The van der Waals surface area contributed by atoms with Crippen LogP contribution in [0.15, 0.2) is 61.3 Å². The lowest BCUT2D eigenvalue weighted by molar-refractivity contribution is -0.116. The molecule has 1 atom stereocenters. The Kier molecular flexibility index (Phi) is 7.27. The minimum Gasteiger partial charge on any atom is -0.489 e. The molecular weight excluding hydrogens is 458 g/mol. The highest BCUT2D eigenvalue weighted by Gasteiger charge is 2.22. The molecule has 1 saturated heterocycles. The molecule has 3 aromatic rings. The number of ketones is 1. The van der Waals surface area contributed by atoms with Crippen molar-refractivity contribution < 1.29 is 23.1 Å². The number of rotatable bonds is 9. The fraction of sp³-hybridized carbons (Fsp3) is 0.167. The molecule has 2 heterocycles. The largest absolute Gasteiger partial charge is 0.489 e. The molecule has 1 fully saturated rings. The number of halogens is 2. The number of anilines is 5. The Morgan fingerprint density at radius 2 is 1.94 bits per heavy atom. The summed E-state index contributed by atoms with van der Waals surface area (Å²) in [6.07, 6.45) is 2.47. The first-order valence-electron chi connectivity index (χ1n) is 10.7. The summed E-state index contributed by atoms with van der Waals surface area (Å²) in [6, 6.07) is 10.7. The molecule has 2 aromatic carbocycles. The van der Waals surface area contributed by atoms with Crippen molar-refractivity contribution in [3.8, 4) is 5.75 Å². The molecule has 1 aliphatic rings. The van der Waals surface area contributed by atoms with Gasteiger partial charge >= 0.3 is 0 Å². The Labute approximate surface area is 199 Å². The molecule has 0 radical (unpaired) electrons. The third-order valence-electron chi connectivity index (χ3n) is 5.01. The molecule has 4 N–H and O–H groups in total. The zero-order chi connectivity index (χ0) is 24.8. The molecule has 4 rings (SSSR count). The van der Waals surface area contributed by atoms with Crippen molar-refractivity contribution in [3.05, 3.63) is 73.0 Å². The van der Waals surface area contributed by atoms with E-state index in [1.807, 2.05) is 0 Å². The van der Waals surface area contributed by atoms with Gasteiger partial charge in [0.2, 0.25) is 11.9 Å². The van der Waals surface area contributed by atoms with Gasteiger partial charge in [0, 0.05) is 35.6 Å². The molecule has 0 saturated carbocycles. The maximum atomic E-state index is 14.5. The van der Waals surface area contributed by atoms with E-state index in [1.165, 1.54) is 12.1 Å². The van der Waals surface area contributed by atoms with E-state index in [0.29, 0.717) is 30.0 Å². The molecule has 180 valence electrons. The Balaban J connectivity index is 1.42. The summed E-state index contributed by atoms with van der Waals surface area (Å²) in [7, 11) is 0. The minimum absolute atomic E-state index is 0.0340. The van der Waals surface area contributed by atoms with E-state index in [4.69, 9.17) is 4.74 Å². The van der Waals surface area contributed by atoms with Crippen LogP contribution in [0.4, 0.5) is 37.6 Å². The monoisotopic (exact) mass is 480 g/mol. The van der Waals surface area contributed by atoms with E-state index in [0.717, 1.165) is 12.3 Å². The predicted octanol–water partition coefficient (Wildman–Crippen LogP) is 3.68. The van der Waals surface area contributed by atoms with Crippen LogP contribution in [0.25, 0.3) is 0 Å². The van der Waals surface area contributed by atoms with Crippen molar-refractivity contribution in [2.45, 2.75) is 12.5 Å². The van der Waals surface area contributed by atoms with Gasteiger partial charge in [-0.05, 0) is 36.4 Å². The quantitative estimate of drug-likeness (QED) is 0.343. The highest BCUT2D eigenvalue weighted by Crippen LogP contribution is 2.25. The normalized spacial score (nSPS) is 14.9. The Bertz CT molecular complexity index is 1270. The van der Waals surface area contributed by atoms with Crippen LogP contribution in [0, 0.1) is 11.6 Å². The van der Waals surface area contributed by atoms with Crippen LogP contribution < -0.4 is 26.0 Å². The Morgan fingerprint density at radius 1 is 1.14 bits per heavy atom. The summed E-state index contributed by atoms with van der Waals surface area (Å²) >= 11 is 0. The molecule has 0 spiro atoms. The van der Waals surface area contributed by atoms with E-state index in [1.54, 1.807) is 30.3 Å². The highest BCUT2D eigenvalue weighted by molar-refractivity contribution is 5.99.